The van der Waals surface area contributed by atoms with E-state index in [1.54, 1.807) is 24.3 Å². The second-order valence-electron chi connectivity index (χ2n) is 1.33. The van der Waals surface area contributed by atoms with E-state index in [4.69, 9.17) is 35.4 Å². The zero-order valence-corrected chi connectivity index (χ0v) is 12.0. The second-order valence-corrected chi connectivity index (χ2v) is 2.19. The second kappa shape index (κ2) is 45.0. The van der Waals surface area contributed by atoms with Crippen molar-refractivity contribution >= 4 is 7.91 Å². The molecule has 0 fully saturated rings. The predicted octanol–water partition coefficient (Wildman–Crippen LogP) is 0.902. The quantitative estimate of drug-likeness (QED) is 0.472. The van der Waals surface area contributed by atoms with Gasteiger partial charge >= 0.3 is 17.1 Å². The monoisotopic (exact) mass is 325 g/mol. The maximum atomic E-state index is 10.1. The molecule has 0 aromatic rings. The standard InChI is InChI=1S/4C2H3N.Cu.FH2O3P/c4*1-2-3;;1-5(2,3)4/h4*1H3;;(H2,2,3,4)/q;;;;+2;/p-2. The van der Waals surface area contributed by atoms with E-state index >= 15 is 0 Å². The molecule has 0 aliphatic carbocycles. The third kappa shape index (κ3) is 1290. The molecule has 7 nitrogen and oxygen atoms in total. The minimum atomic E-state index is -5.64. The van der Waals surface area contributed by atoms with Gasteiger partial charge in [0, 0.05) is 27.7 Å². The summed E-state index contributed by atoms with van der Waals surface area (Å²) in [7, 11) is -5.64. The van der Waals surface area contributed by atoms with Gasteiger partial charge in [-0.05, 0) is 0 Å². The van der Waals surface area contributed by atoms with Gasteiger partial charge in [-0.1, -0.05) is 0 Å². The molecule has 0 N–H and O–H groups in total. The van der Waals surface area contributed by atoms with E-state index in [0.29, 0.717) is 0 Å². The Hall–Kier alpha value is -1.44. The van der Waals surface area contributed by atoms with Crippen molar-refractivity contribution in [1.82, 2.24) is 0 Å². The first-order valence-electron chi connectivity index (χ1n) is 3.61. The summed E-state index contributed by atoms with van der Waals surface area (Å²) in [6.45, 7) is 5.72. The molecule has 1 radical (unpaired) electrons. The van der Waals surface area contributed by atoms with Crippen LogP contribution in [0.15, 0.2) is 0 Å². The summed E-state index contributed by atoms with van der Waals surface area (Å²) < 4.78 is 18.6. The molecule has 18 heavy (non-hydrogen) atoms. The van der Waals surface area contributed by atoms with Crippen LogP contribution in [0.5, 0.6) is 0 Å². The van der Waals surface area contributed by atoms with Crippen LogP contribution >= 0.6 is 7.91 Å². The van der Waals surface area contributed by atoms with Crippen LogP contribution in [0.3, 0.4) is 0 Å². The molecular formula is C8H12CuFN4O3P. The molecule has 0 rings (SSSR count). The van der Waals surface area contributed by atoms with Crippen LogP contribution in [0.1, 0.15) is 27.7 Å². The van der Waals surface area contributed by atoms with Crippen LogP contribution < -0.4 is 9.79 Å². The number of rotatable bonds is 0. The third-order valence-electron chi connectivity index (χ3n) is 0. The zero-order valence-electron chi connectivity index (χ0n) is 10.1. The third-order valence-corrected chi connectivity index (χ3v) is 0. The molecule has 0 aliphatic heterocycles. The van der Waals surface area contributed by atoms with Crippen molar-refractivity contribution in [3.05, 3.63) is 0 Å². The molecule has 0 aromatic carbocycles. The number of nitriles is 4. The Bertz CT molecular complexity index is 278. The van der Waals surface area contributed by atoms with Crippen molar-refractivity contribution in [2.75, 3.05) is 0 Å². The maximum Gasteiger partial charge on any atom is 2.00 e. The summed E-state index contributed by atoms with van der Waals surface area (Å²) in [5.41, 5.74) is 0. The summed E-state index contributed by atoms with van der Waals surface area (Å²) in [6, 6.07) is 7.00. The largest absolute Gasteiger partial charge is 2.00 e. The molecule has 0 bridgehead atoms. The molecule has 0 saturated carbocycles. The molecule has 105 valence electrons. The van der Waals surface area contributed by atoms with Crippen LogP contribution in [-0.4, -0.2) is 0 Å². The normalized spacial score (nSPS) is 5.06. The van der Waals surface area contributed by atoms with E-state index in [2.05, 4.69) is 0 Å². The van der Waals surface area contributed by atoms with Gasteiger partial charge in [0.05, 0.1) is 24.3 Å². The topological polar surface area (TPSA) is 158 Å². The minimum absolute atomic E-state index is 0. The van der Waals surface area contributed by atoms with Gasteiger partial charge in [-0.15, -0.1) is 0 Å². The van der Waals surface area contributed by atoms with E-state index in [1.807, 2.05) is 0 Å². The van der Waals surface area contributed by atoms with E-state index < -0.39 is 7.91 Å². The molecule has 0 heterocycles. The van der Waals surface area contributed by atoms with Gasteiger partial charge in [0.2, 0.25) is 0 Å². The number of nitrogens with zero attached hydrogens (tertiary/aromatic N) is 4. The average molecular weight is 326 g/mol. The fourth-order valence-electron chi connectivity index (χ4n) is 0. The molecule has 10 heteroatoms. The summed E-state index contributed by atoms with van der Waals surface area (Å²) >= 11 is 0. The van der Waals surface area contributed by atoms with Crippen LogP contribution in [0.2, 0.25) is 0 Å². The predicted molar refractivity (Wildman–Crippen MR) is 53.9 cm³/mol. The van der Waals surface area contributed by atoms with Crippen molar-refractivity contribution in [3.63, 3.8) is 0 Å². The molecule has 0 atom stereocenters. The van der Waals surface area contributed by atoms with Crippen molar-refractivity contribution in [3.8, 4) is 24.3 Å². The van der Waals surface area contributed by atoms with Gasteiger partial charge < -0.3 is 14.4 Å². The van der Waals surface area contributed by atoms with E-state index in [1.165, 1.54) is 27.7 Å². The number of hydrogen-bond donors (Lipinski definition) is 0. The Morgan fingerprint density at radius 2 is 0.833 bits per heavy atom. The molecule has 0 unspecified atom stereocenters. The first kappa shape index (κ1) is 36.0. The summed E-state index contributed by atoms with van der Waals surface area (Å²) in [6.07, 6.45) is 0. The Balaban J connectivity index is -0.0000000252. The Morgan fingerprint density at radius 1 is 0.833 bits per heavy atom. The van der Waals surface area contributed by atoms with Crippen molar-refractivity contribution in [1.29, 1.82) is 21.0 Å². The molecule has 0 aromatic heterocycles. The Labute approximate surface area is 117 Å². The molecule has 0 spiro atoms. The number of halogens is 1. The van der Waals surface area contributed by atoms with E-state index in [-0.39, 0.29) is 17.1 Å². The van der Waals surface area contributed by atoms with Gasteiger partial charge in [0.25, 0.3) is 0 Å². The molecular weight excluding hydrogens is 314 g/mol. The maximum absolute atomic E-state index is 10.1. The molecule has 0 amide bonds. The van der Waals surface area contributed by atoms with Gasteiger partial charge in [-0.3, -0.25) is 0 Å². The van der Waals surface area contributed by atoms with E-state index in [9.17, 15) is 4.20 Å². The summed E-state index contributed by atoms with van der Waals surface area (Å²) in [4.78, 5) is 16.9. The van der Waals surface area contributed by atoms with Gasteiger partial charge in [-0.2, -0.15) is 21.0 Å². The first-order chi connectivity index (χ1) is 7.66. The van der Waals surface area contributed by atoms with Crippen LogP contribution in [0.25, 0.3) is 0 Å². The summed E-state index contributed by atoms with van der Waals surface area (Å²) in [5, 5.41) is 29.3. The number of hydrogen-bond acceptors (Lipinski definition) is 7. The van der Waals surface area contributed by atoms with Crippen LogP contribution in [0.4, 0.5) is 4.20 Å². The van der Waals surface area contributed by atoms with Crippen LogP contribution in [0, 0.1) is 45.3 Å². The Morgan fingerprint density at radius 3 is 0.833 bits per heavy atom. The summed E-state index contributed by atoms with van der Waals surface area (Å²) in [5.74, 6) is 0. The van der Waals surface area contributed by atoms with Gasteiger partial charge in [0.15, 0.2) is 0 Å². The first-order valence-corrected chi connectivity index (χ1v) is 5.04. The Kier molecular flexibility index (Phi) is 89.9. The fraction of sp³-hybridized carbons (Fsp3) is 0.500. The van der Waals surface area contributed by atoms with Gasteiger partial charge in [0.1, 0.15) is 7.91 Å². The smallest absolute Gasteiger partial charge is 0.786 e. The average Bonchev–Trinajstić information content (AvgIpc) is 2.04. The van der Waals surface area contributed by atoms with Crippen molar-refractivity contribution in [2.24, 2.45) is 0 Å². The SMILES string of the molecule is CC#N.CC#N.CC#N.CC#N.O=P([O-])([O-])F.[Cu+2]. The fourth-order valence-corrected chi connectivity index (χ4v) is 0. The minimum Gasteiger partial charge on any atom is -0.786 e. The van der Waals surface area contributed by atoms with E-state index in [0.717, 1.165) is 0 Å². The van der Waals surface area contributed by atoms with Crippen molar-refractivity contribution in [2.45, 2.75) is 27.7 Å². The zero-order chi connectivity index (χ0) is 15.3. The van der Waals surface area contributed by atoms with Crippen LogP contribution in [-0.2, 0) is 21.6 Å². The molecule has 0 aliphatic rings. The van der Waals surface area contributed by atoms with Crippen molar-refractivity contribution < 1.29 is 35.6 Å². The molecule has 0 saturated heterocycles. The van der Waals surface area contributed by atoms with Gasteiger partial charge in [-0.25, -0.2) is 4.20 Å².